The first-order valence-electron chi connectivity index (χ1n) is 12.3. The number of nitrogens with zero attached hydrogens (tertiary/aromatic N) is 1. The fraction of sp³-hybridized carbons (Fsp3) is 0.840. The molecule has 0 rings (SSSR count). The number of amides is 1. The average molecular weight is 442 g/mol. The van der Waals surface area contributed by atoms with Crippen molar-refractivity contribution < 1.29 is 14.7 Å². The van der Waals surface area contributed by atoms with E-state index in [1.165, 1.54) is 70.6 Å². The van der Waals surface area contributed by atoms with Gasteiger partial charge in [-0.1, -0.05) is 70.4 Å². The predicted molar refractivity (Wildman–Crippen MR) is 130 cm³/mol. The zero-order valence-electron chi connectivity index (χ0n) is 20.9. The third kappa shape index (κ3) is 21.6. The van der Waals surface area contributed by atoms with E-state index in [0.717, 1.165) is 12.8 Å². The molecule has 0 aromatic carbocycles. The Kier molecular flexibility index (Phi) is 23.9. The van der Waals surface area contributed by atoms with Crippen molar-refractivity contribution in [1.29, 1.82) is 0 Å². The van der Waals surface area contributed by atoms with Gasteiger partial charge < -0.3 is 26.3 Å². The van der Waals surface area contributed by atoms with Crippen LogP contribution < -0.4 is 16.6 Å². The van der Waals surface area contributed by atoms with E-state index >= 15 is 0 Å². The summed E-state index contributed by atoms with van der Waals surface area (Å²) in [5, 5.41) is 13.9. The molecule has 0 fully saturated rings. The maximum absolute atomic E-state index is 11.8. The van der Waals surface area contributed by atoms with Crippen molar-refractivity contribution in [2.24, 2.45) is 0 Å². The molecule has 0 heterocycles. The number of rotatable bonds is 21. The lowest BCUT2D eigenvalue weighted by Gasteiger charge is -2.25. The number of nitrogens with one attached hydrogen (secondary N) is 1. The number of carbonyl (C=O) groups excluding carboxylic acids is 2. The van der Waals surface area contributed by atoms with Crippen molar-refractivity contribution in [3.05, 3.63) is 12.2 Å². The quantitative estimate of drug-likeness (QED) is 0.193. The van der Waals surface area contributed by atoms with Crippen LogP contribution in [0.1, 0.15) is 110 Å². The summed E-state index contributed by atoms with van der Waals surface area (Å²) < 4.78 is 0. The standard InChI is InChI=1S/C25H48N2O3.H3N/c1-4-5-6-7-8-9-10-11-12-13-14-15-16-17-18-21-24(28)26-22-19-20-23(25(29)30)27(2)3;/h11-12,23H,4-10,13-22H2,1-3H3,(H,26,28)(H,29,30);1H3/b12-11-;. The van der Waals surface area contributed by atoms with Gasteiger partial charge in [-0.15, -0.1) is 0 Å². The molecule has 0 aliphatic rings. The van der Waals surface area contributed by atoms with Gasteiger partial charge in [-0.25, -0.2) is 0 Å². The topological polar surface area (TPSA) is 109 Å². The SMILES string of the molecule is CCCCCCCC/C=C\CCCCCCCC(=O)NCCCC(C(=O)[O-])N(C)C.[NH4+]. The molecule has 0 aromatic rings. The normalized spacial score (nSPS) is 12.1. The molecular formula is C25H51N3O3. The Hall–Kier alpha value is -1.40. The van der Waals surface area contributed by atoms with E-state index in [1.54, 1.807) is 19.0 Å². The first kappa shape index (κ1) is 31.8. The number of quaternary nitrogens is 1. The molecule has 0 aromatic heterocycles. The molecular weight excluding hydrogens is 390 g/mol. The molecule has 0 radical (unpaired) electrons. The number of aliphatic carboxylic acids is 1. The number of likely N-dealkylation sites (N-methyl/N-ethyl adjacent to an activating group) is 1. The van der Waals surface area contributed by atoms with E-state index in [9.17, 15) is 14.7 Å². The van der Waals surface area contributed by atoms with Crippen molar-refractivity contribution in [2.75, 3.05) is 20.6 Å². The minimum Gasteiger partial charge on any atom is -0.548 e. The summed E-state index contributed by atoms with van der Waals surface area (Å²) in [6, 6.07) is -0.590. The summed E-state index contributed by atoms with van der Waals surface area (Å²) in [5.41, 5.74) is 0. The second-order valence-electron chi connectivity index (χ2n) is 8.62. The van der Waals surface area contributed by atoms with E-state index in [2.05, 4.69) is 24.4 Å². The highest BCUT2D eigenvalue weighted by Gasteiger charge is 2.11. The smallest absolute Gasteiger partial charge is 0.219 e. The highest BCUT2D eigenvalue weighted by molar-refractivity contribution is 5.75. The van der Waals surface area contributed by atoms with Gasteiger partial charge in [-0.2, -0.15) is 0 Å². The van der Waals surface area contributed by atoms with Crippen LogP contribution in [0.3, 0.4) is 0 Å². The van der Waals surface area contributed by atoms with E-state index in [-0.39, 0.29) is 12.1 Å². The molecule has 0 spiro atoms. The van der Waals surface area contributed by atoms with Crippen LogP contribution in [0.4, 0.5) is 0 Å². The summed E-state index contributed by atoms with van der Waals surface area (Å²) >= 11 is 0. The van der Waals surface area contributed by atoms with Gasteiger partial charge in [0.25, 0.3) is 0 Å². The molecule has 6 heteroatoms. The number of hydrogen-bond acceptors (Lipinski definition) is 4. The number of carbonyl (C=O) groups is 2. The van der Waals surface area contributed by atoms with Crippen LogP contribution in [0.2, 0.25) is 0 Å². The summed E-state index contributed by atoms with van der Waals surface area (Å²) in [6.45, 7) is 2.79. The largest absolute Gasteiger partial charge is 0.548 e. The molecule has 5 N–H and O–H groups in total. The Morgan fingerprint density at radius 3 is 1.87 bits per heavy atom. The van der Waals surface area contributed by atoms with Crippen LogP contribution in [-0.4, -0.2) is 43.5 Å². The van der Waals surface area contributed by atoms with E-state index in [4.69, 9.17) is 0 Å². The highest BCUT2D eigenvalue weighted by Crippen LogP contribution is 2.10. The van der Waals surface area contributed by atoms with Crippen LogP contribution in [0.15, 0.2) is 12.2 Å². The van der Waals surface area contributed by atoms with Crippen molar-refractivity contribution >= 4 is 11.9 Å². The fourth-order valence-corrected chi connectivity index (χ4v) is 3.55. The summed E-state index contributed by atoms with van der Waals surface area (Å²) in [6.07, 6.45) is 22.7. The Balaban J connectivity index is 0. The lowest BCUT2D eigenvalue weighted by molar-refractivity contribution is -0.311. The summed E-state index contributed by atoms with van der Waals surface area (Å²) in [4.78, 5) is 24.5. The van der Waals surface area contributed by atoms with E-state index in [1.807, 2.05) is 0 Å². The monoisotopic (exact) mass is 441 g/mol. The van der Waals surface area contributed by atoms with Gasteiger partial charge >= 0.3 is 0 Å². The van der Waals surface area contributed by atoms with Gasteiger partial charge in [0, 0.05) is 19.0 Å². The second kappa shape index (κ2) is 23.3. The molecule has 0 aliphatic heterocycles. The number of unbranched alkanes of at least 4 members (excludes halogenated alkanes) is 11. The molecule has 1 atom stereocenters. The minimum absolute atomic E-state index is 0. The summed E-state index contributed by atoms with van der Waals surface area (Å²) in [7, 11) is 3.46. The zero-order chi connectivity index (χ0) is 22.5. The van der Waals surface area contributed by atoms with Gasteiger partial charge in [-0.3, -0.25) is 4.79 Å². The first-order valence-corrected chi connectivity index (χ1v) is 12.3. The third-order valence-electron chi connectivity index (χ3n) is 5.54. The lowest BCUT2D eigenvalue weighted by Crippen LogP contribution is -2.45. The summed E-state index contributed by atoms with van der Waals surface area (Å²) in [5.74, 6) is -0.984. The maximum Gasteiger partial charge on any atom is 0.219 e. The highest BCUT2D eigenvalue weighted by atomic mass is 16.4. The van der Waals surface area contributed by atoms with E-state index in [0.29, 0.717) is 25.8 Å². The van der Waals surface area contributed by atoms with Gasteiger partial charge in [0.1, 0.15) is 0 Å². The van der Waals surface area contributed by atoms with Crippen molar-refractivity contribution in [3.8, 4) is 0 Å². The first-order chi connectivity index (χ1) is 14.5. The fourth-order valence-electron chi connectivity index (χ4n) is 3.55. The predicted octanol–water partition coefficient (Wildman–Crippen LogP) is 4.98. The number of carboxylic acids is 1. The van der Waals surface area contributed by atoms with E-state index < -0.39 is 12.0 Å². The molecule has 0 aliphatic carbocycles. The number of hydrogen-bond donors (Lipinski definition) is 2. The Morgan fingerprint density at radius 1 is 0.839 bits per heavy atom. The van der Waals surface area contributed by atoms with Crippen molar-refractivity contribution in [2.45, 2.75) is 116 Å². The number of carboxylic acid groups (broad SMARTS) is 1. The van der Waals surface area contributed by atoms with Crippen LogP contribution >= 0.6 is 0 Å². The molecule has 184 valence electrons. The molecule has 31 heavy (non-hydrogen) atoms. The third-order valence-corrected chi connectivity index (χ3v) is 5.54. The van der Waals surface area contributed by atoms with Crippen LogP contribution in [0, 0.1) is 0 Å². The molecule has 6 nitrogen and oxygen atoms in total. The Labute approximate surface area is 191 Å². The zero-order valence-corrected chi connectivity index (χ0v) is 20.9. The Morgan fingerprint density at radius 2 is 1.35 bits per heavy atom. The van der Waals surface area contributed by atoms with Crippen LogP contribution in [0.5, 0.6) is 0 Å². The van der Waals surface area contributed by atoms with Gasteiger partial charge in [0.05, 0.1) is 5.97 Å². The Bertz CT molecular complexity index is 453. The molecule has 1 amide bonds. The number of allylic oxidation sites excluding steroid dienone is 2. The molecule has 0 bridgehead atoms. The lowest BCUT2D eigenvalue weighted by atomic mass is 10.1. The van der Waals surface area contributed by atoms with Crippen molar-refractivity contribution in [3.63, 3.8) is 0 Å². The molecule has 1 unspecified atom stereocenters. The average Bonchev–Trinajstić information content (AvgIpc) is 2.70. The van der Waals surface area contributed by atoms with Crippen LogP contribution in [0.25, 0.3) is 0 Å². The molecule has 0 saturated carbocycles. The van der Waals surface area contributed by atoms with Crippen LogP contribution in [-0.2, 0) is 9.59 Å². The van der Waals surface area contributed by atoms with Gasteiger partial charge in [0.2, 0.25) is 5.91 Å². The maximum atomic E-state index is 11.8. The van der Waals surface area contributed by atoms with Gasteiger partial charge in [0.15, 0.2) is 0 Å². The molecule has 0 saturated heterocycles. The minimum atomic E-state index is -1.06. The van der Waals surface area contributed by atoms with Gasteiger partial charge in [-0.05, 0) is 59.0 Å². The second-order valence-corrected chi connectivity index (χ2v) is 8.62. The van der Waals surface area contributed by atoms with Crippen molar-refractivity contribution in [1.82, 2.24) is 16.4 Å².